The molecule has 0 bridgehead atoms. The molecule has 1 atom stereocenters. The minimum Gasteiger partial charge on any atom is -0.393 e. The van der Waals surface area contributed by atoms with Gasteiger partial charge in [-0.15, -0.1) is 0 Å². The molecular weight excluding hydrogens is 256 g/mol. The van der Waals surface area contributed by atoms with Gasteiger partial charge < -0.3 is 10.6 Å². The van der Waals surface area contributed by atoms with Crippen LogP contribution >= 0.6 is 12.2 Å². The Hall–Kier alpha value is -1.42. The fraction of sp³-hybridized carbons (Fsp3) is 0.467. The summed E-state index contributed by atoms with van der Waals surface area (Å²) in [7, 11) is 1.80. The fourth-order valence-electron chi connectivity index (χ4n) is 2.10. The van der Waals surface area contributed by atoms with Gasteiger partial charge in [0.15, 0.2) is 0 Å². The second kappa shape index (κ2) is 7.24. The zero-order chi connectivity index (χ0) is 14.4. The van der Waals surface area contributed by atoms with Crippen LogP contribution in [-0.2, 0) is 11.3 Å². The number of nitrogens with two attached hydrogens (primary N) is 1. The lowest BCUT2D eigenvalue weighted by atomic mass is 10.0. The summed E-state index contributed by atoms with van der Waals surface area (Å²) in [4.78, 5) is 14.3. The highest BCUT2D eigenvalue weighted by Gasteiger charge is 2.23. The molecule has 0 aliphatic rings. The van der Waals surface area contributed by atoms with Gasteiger partial charge >= 0.3 is 0 Å². The van der Waals surface area contributed by atoms with Gasteiger partial charge in [-0.2, -0.15) is 0 Å². The molecular formula is C15H22N2OS. The molecule has 19 heavy (non-hydrogen) atoms. The maximum absolute atomic E-state index is 12.3. The molecule has 104 valence electrons. The number of hydrogen-bond donors (Lipinski definition) is 1. The van der Waals surface area contributed by atoms with E-state index in [1.165, 1.54) is 5.56 Å². The third-order valence-corrected chi connectivity index (χ3v) is 3.38. The number of rotatable bonds is 6. The van der Waals surface area contributed by atoms with Crippen LogP contribution in [0.3, 0.4) is 0 Å². The Morgan fingerprint density at radius 1 is 1.47 bits per heavy atom. The minimum atomic E-state index is -0.338. The Bertz CT molecular complexity index is 459. The van der Waals surface area contributed by atoms with E-state index in [2.05, 4.69) is 6.07 Å². The van der Waals surface area contributed by atoms with E-state index in [-0.39, 0.29) is 11.8 Å². The summed E-state index contributed by atoms with van der Waals surface area (Å²) in [5, 5.41) is 0. The molecule has 0 heterocycles. The molecule has 2 N–H and O–H groups in total. The second-order valence-electron chi connectivity index (χ2n) is 4.93. The fourth-order valence-corrected chi connectivity index (χ4v) is 2.32. The average Bonchev–Trinajstić information content (AvgIpc) is 2.34. The van der Waals surface area contributed by atoms with Crippen molar-refractivity contribution in [1.29, 1.82) is 0 Å². The number of nitrogens with zero attached hydrogens (tertiary/aromatic N) is 1. The molecule has 0 fully saturated rings. The van der Waals surface area contributed by atoms with E-state index in [4.69, 9.17) is 18.0 Å². The highest BCUT2D eigenvalue weighted by Crippen LogP contribution is 2.13. The van der Waals surface area contributed by atoms with Gasteiger partial charge in [0.2, 0.25) is 5.91 Å². The highest BCUT2D eigenvalue weighted by molar-refractivity contribution is 7.80. The quantitative estimate of drug-likeness (QED) is 0.814. The van der Waals surface area contributed by atoms with Gasteiger partial charge in [-0.3, -0.25) is 4.79 Å². The van der Waals surface area contributed by atoms with Crippen molar-refractivity contribution in [2.45, 2.75) is 33.2 Å². The van der Waals surface area contributed by atoms with Gasteiger partial charge in [0.25, 0.3) is 0 Å². The molecule has 0 aromatic heterocycles. The largest absolute Gasteiger partial charge is 0.393 e. The third kappa shape index (κ3) is 4.63. The lowest BCUT2D eigenvalue weighted by molar-refractivity contribution is -0.132. The number of hydrogen-bond acceptors (Lipinski definition) is 2. The van der Waals surface area contributed by atoms with Crippen molar-refractivity contribution in [3.8, 4) is 0 Å². The Balaban J connectivity index is 2.73. The van der Waals surface area contributed by atoms with Crippen LogP contribution in [0.25, 0.3) is 0 Å². The zero-order valence-corrected chi connectivity index (χ0v) is 12.7. The normalized spacial score (nSPS) is 11.9. The first-order valence-electron chi connectivity index (χ1n) is 6.55. The summed E-state index contributed by atoms with van der Waals surface area (Å²) in [6, 6.07) is 8.14. The van der Waals surface area contributed by atoms with Gasteiger partial charge in [0.05, 0.1) is 10.9 Å². The molecule has 0 saturated heterocycles. The predicted octanol–water partition coefficient (Wildman–Crippen LogP) is 2.66. The van der Waals surface area contributed by atoms with Gasteiger partial charge in [0.1, 0.15) is 0 Å². The molecule has 0 aliphatic carbocycles. The van der Waals surface area contributed by atoms with Crippen molar-refractivity contribution in [2.24, 2.45) is 11.7 Å². The van der Waals surface area contributed by atoms with Gasteiger partial charge in [0, 0.05) is 13.6 Å². The van der Waals surface area contributed by atoms with E-state index >= 15 is 0 Å². The van der Waals surface area contributed by atoms with Gasteiger partial charge in [-0.25, -0.2) is 0 Å². The highest BCUT2D eigenvalue weighted by atomic mass is 32.1. The summed E-state index contributed by atoms with van der Waals surface area (Å²) < 4.78 is 0. The van der Waals surface area contributed by atoms with Crippen LogP contribution in [0.5, 0.6) is 0 Å². The Morgan fingerprint density at radius 3 is 2.68 bits per heavy atom. The van der Waals surface area contributed by atoms with Crippen molar-refractivity contribution < 1.29 is 4.79 Å². The van der Waals surface area contributed by atoms with E-state index < -0.39 is 0 Å². The molecule has 0 radical (unpaired) electrons. The standard InChI is InChI=1S/C15H22N2OS/c1-4-6-13(14(16)19)15(18)17(3)10-12-8-5-7-11(2)9-12/h5,7-9,13H,4,6,10H2,1-3H3,(H2,16,19). The summed E-state index contributed by atoms with van der Waals surface area (Å²) in [5.74, 6) is -0.328. The summed E-state index contributed by atoms with van der Waals surface area (Å²) in [6.45, 7) is 4.66. The van der Waals surface area contributed by atoms with Crippen LogP contribution in [0.2, 0.25) is 0 Å². The average molecular weight is 278 g/mol. The molecule has 0 aliphatic heterocycles. The maximum Gasteiger partial charge on any atom is 0.232 e. The van der Waals surface area contributed by atoms with Crippen LogP contribution in [0, 0.1) is 12.8 Å². The van der Waals surface area contributed by atoms with E-state index in [0.717, 1.165) is 12.0 Å². The Kier molecular flexibility index (Phi) is 5.96. The van der Waals surface area contributed by atoms with Crippen molar-refractivity contribution >= 4 is 23.1 Å². The Morgan fingerprint density at radius 2 is 2.16 bits per heavy atom. The van der Waals surface area contributed by atoms with Crippen LogP contribution in [0.1, 0.15) is 30.9 Å². The number of amides is 1. The first-order valence-corrected chi connectivity index (χ1v) is 6.96. The van der Waals surface area contributed by atoms with Crippen LogP contribution in [-0.4, -0.2) is 22.8 Å². The monoisotopic (exact) mass is 278 g/mol. The lowest BCUT2D eigenvalue weighted by Gasteiger charge is -2.23. The van der Waals surface area contributed by atoms with Gasteiger partial charge in [-0.05, 0) is 18.9 Å². The number of benzene rings is 1. The molecule has 0 spiro atoms. The molecule has 1 amide bonds. The maximum atomic E-state index is 12.3. The smallest absolute Gasteiger partial charge is 0.232 e. The van der Waals surface area contributed by atoms with Gasteiger partial charge in [-0.1, -0.05) is 55.4 Å². The third-order valence-electron chi connectivity index (χ3n) is 3.10. The first-order chi connectivity index (χ1) is 8.95. The summed E-state index contributed by atoms with van der Waals surface area (Å²) >= 11 is 4.99. The molecule has 1 unspecified atom stereocenters. The predicted molar refractivity (Wildman–Crippen MR) is 82.8 cm³/mol. The van der Waals surface area contributed by atoms with Crippen molar-refractivity contribution in [3.63, 3.8) is 0 Å². The zero-order valence-electron chi connectivity index (χ0n) is 11.8. The molecule has 3 nitrogen and oxygen atoms in total. The molecule has 1 aromatic carbocycles. The number of carbonyl (C=O) groups excluding carboxylic acids is 1. The second-order valence-corrected chi connectivity index (χ2v) is 5.40. The van der Waals surface area contributed by atoms with E-state index in [1.54, 1.807) is 11.9 Å². The summed E-state index contributed by atoms with van der Waals surface area (Å²) in [5.41, 5.74) is 7.97. The van der Waals surface area contributed by atoms with Crippen molar-refractivity contribution in [3.05, 3.63) is 35.4 Å². The SMILES string of the molecule is CCCC(C(=O)N(C)Cc1cccc(C)c1)C(N)=S. The first kappa shape index (κ1) is 15.6. The molecule has 0 saturated carbocycles. The topological polar surface area (TPSA) is 46.3 Å². The summed E-state index contributed by atoms with van der Waals surface area (Å²) in [6.07, 6.45) is 1.61. The lowest BCUT2D eigenvalue weighted by Crippen LogP contribution is -2.38. The van der Waals surface area contributed by atoms with E-state index in [9.17, 15) is 4.79 Å². The van der Waals surface area contributed by atoms with E-state index in [0.29, 0.717) is 18.0 Å². The van der Waals surface area contributed by atoms with E-state index in [1.807, 2.05) is 32.0 Å². The number of aryl methyl sites for hydroxylation is 1. The number of carbonyl (C=O) groups is 1. The minimum absolute atomic E-state index is 0.0101. The van der Waals surface area contributed by atoms with Crippen molar-refractivity contribution in [1.82, 2.24) is 4.90 Å². The molecule has 4 heteroatoms. The van der Waals surface area contributed by atoms with Crippen LogP contribution < -0.4 is 5.73 Å². The Labute approximate surface area is 120 Å². The molecule has 1 aromatic rings. The van der Waals surface area contributed by atoms with Crippen LogP contribution in [0.4, 0.5) is 0 Å². The molecule has 1 rings (SSSR count). The number of thiocarbonyl (C=S) groups is 1. The van der Waals surface area contributed by atoms with Crippen molar-refractivity contribution in [2.75, 3.05) is 7.05 Å². The van der Waals surface area contributed by atoms with Crippen LogP contribution in [0.15, 0.2) is 24.3 Å².